The maximum Gasteiger partial charge on any atom is 0.433 e. The van der Waals surface area contributed by atoms with Gasteiger partial charge in [-0.05, 0) is 61.8 Å². The second kappa shape index (κ2) is 14.6. The molecule has 224 valence electrons. The zero-order valence-electron chi connectivity index (χ0n) is 22.0. The summed E-state index contributed by atoms with van der Waals surface area (Å²) in [4.78, 5) is 6.67. The van der Waals surface area contributed by atoms with E-state index >= 15 is 0 Å². The lowest BCUT2D eigenvalue weighted by atomic mass is 10.1. The summed E-state index contributed by atoms with van der Waals surface area (Å²) in [6.45, 7) is 1.87. The number of hydrogen-bond acceptors (Lipinski definition) is 8. The van der Waals surface area contributed by atoms with Gasteiger partial charge in [0.05, 0.1) is 19.5 Å². The Balaban J connectivity index is 0.000000237. The first kappa shape index (κ1) is 34.0. The van der Waals surface area contributed by atoms with Crippen LogP contribution in [0.3, 0.4) is 0 Å². The maximum absolute atomic E-state index is 12.4. The van der Waals surface area contributed by atoms with Gasteiger partial charge in [-0.1, -0.05) is 19.1 Å². The molecular formula is C25H28F6N6O2S2. The van der Waals surface area contributed by atoms with Crippen molar-refractivity contribution in [2.75, 3.05) is 17.3 Å². The van der Waals surface area contributed by atoms with E-state index < -0.39 is 43.2 Å². The lowest BCUT2D eigenvalue weighted by molar-refractivity contribution is -0.142. The van der Waals surface area contributed by atoms with Crippen molar-refractivity contribution in [1.29, 1.82) is 10.5 Å². The van der Waals surface area contributed by atoms with E-state index in [1.54, 1.807) is 12.4 Å². The van der Waals surface area contributed by atoms with Crippen LogP contribution in [-0.2, 0) is 44.7 Å². The van der Waals surface area contributed by atoms with Crippen molar-refractivity contribution in [3.63, 3.8) is 0 Å². The van der Waals surface area contributed by atoms with Gasteiger partial charge in [-0.15, -0.1) is 8.73 Å². The van der Waals surface area contributed by atoms with Crippen LogP contribution in [0.2, 0.25) is 0 Å². The standard InChI is InChI=1S/C12H12F3N3OS.C8H8F3N.C5H8N2OS/c13-12(14,15)11-4-3-9(7-17-11)6-10-2-1-5-20(10,19)18-8-16;1-2-6-3-4-7(12-5-6)8(9,10)11;6-5-7-9(8)3-1-2-4-9/h3-4,7,10H,1-2,5-6H2;3-5H,2H2,1H3;1-4H2. The normalized spacial score (nSPS) is 21.2. The number of halogens is 6. The average Bonchev–Trinajstić information content (AvgIpc) is 3.50. The van der Waals surface area contributed by atoms with Gasteiger partial charge in [0.15, 0.2) is 0 Å². The summed E-state index contributed by atoms with van der Waals surface area (Å²) in [6.07, 6.45) is 1.11. The lowest BCUT2D eigenvalue weighted by Crippen LogP contribution is -2.18. The molecule has 41 heavy (non-hydrogen) atoms. The third-order valence-electron chi connectivity index (χ3n) is 6.16. The monoisotopic (exact) mass is 622 g/mol. The van der Waals surface area contributed by atoms with Crippen molar-refractivity contribution in [1.82, 2.24) is 9.97 Å². The molecular weight excluding hydrogens is 594 g/mol. The maximum atomic E-state index is 12.4. The fourth-order valence-electron chi connectivity index (χ4n) is 3.99. The molecule has 2 saturated heterocycles. The van der Waals surface area contributed by atoms with E-state index in [4.69, 9.17) is 10.5 Å². The summed E-state index contributed by atoms with van der Waals surface area (Å²) in [7, 11) is -4.61. The van der Waals surface area contributed by atoms with Gasteiger partial charge < -0.3 is 0 Å². The van der Waals surface area contributed by atoms with Gasteiger partial charge in [0.1, 0.15) is 11.4 Å². The first-order valence-electron chi connectivity index (χ1n) is 12.4. The molecule has 2 aliphatic rings. The summed E-state index contributed by atoms with van der Waals surface area (Å²) >= 11 is 0. The number of aromatic nitrogens is 2. The Morgan fingerprint density at radius 1 is 0.829 bits per heavy atom. The molecule has 4 heterocycles. The highest BCUT2D eigenvalue weighted by atomic mass is 32.2. The number of rotatable bonds is 3. The molecule has 2 atom stereocenters. The quantitative estimate of drug-likeness (QED) is 0.298. The van der Waals surface area contributed by atoms with Crippen LogP contribution in [0, 0.1) is 22.9 Å². The van der Waals surface area contributed by atoms with Crippen molar-refractivity contribution in [3.8, 4) is 12.4 Å². The molecule has 4 rings (SSSR count). The molecule has 2 fully saturated rings. The molecule has 0 amide bonds. The SMILES string of the molecule is CCc1ccc(C(F)(F)F)nc1.N#CN=S1(=O)CCCC1.N#CN=S1(=O)CCCC1Cc1ccc(C(F)(F)F)nc1. The van der Waals surface area contributed by atoms with Crippen molar-refractivity contribution >= 4 is 19.5 Å². The molecule has 0 aliphatic carbocycles. The fraction of sp³-hybridized carbons (Fsp3) is 0.520. The van der Waals surface area contributed by atoms with Gasteiger partial charge in [0.25, 0.3) is 0 Å². The summed E-state index contributed by atoms with van der Waals surface area (Å²) < 4.78 is 104. The smallest absolute Gasteiger partial charge is 0.252 e. The number of nitriles is 2. The second-order valence-electron chi connectivity index (χ2n) is 9.09. The first-order chi connectivity index (χ1) is 19.2. The molecule has 0 bridgehead atoms. The van der Waals surface area contributed by atoms with Gasteiger partial charge >= 0.3 is 12.4 Å². The van der Waals surface area contributed by atoms with E-state index in [1.165, 1.54) is 18.3 Å². The van der Waals surface area contributed by atoms with Crippen LogP contribution in [0.5, 0.6) is 0 Å². The predicted molar refractivity (Wildman–Crippen MR) is 141 cm³/mol. The van der Waals surface area contributed by atoms with Crippen molar-refractivity contribution in [2.24, 2.45) is 8.73 Å². The van der Waals surface area contributed by atoms with Crippen LogP contribution in [-0.4, -0.2) is 40.9 Å². The molecule has 2 aromatic heterocycles. The highest BCUT2D eigenvalue weighted by Gasteiger charge is 2.33. The molecule has 2 unspecified atom stereocenters. The predicted octanol–water partition coefficient (Wildman–Crippen LogP) is 6.15. The largest absolute Gasteiger partial charge is 0.433 e. The van der Waals surface area contributed by atoms with E-state index in [9.17, 15) is 34.8 Å². The number of aryl methyl sites for hydroxylation is 1. The van der Waals surface area contributed by atoms with Gasteiger partial charge in [0, 0.05) is 34.9 Å². The molecule has 16 heteroatoms. The average molecular weight is 623 g/mol. The Kier molecular flexibility index (Phi) is 12.1. The molecule has 2 aliphatic heterocycles. The summed E-state index contributed by atoms with van der Waals surface area (Å²) in [5.74, 6) is 1.63. The number of pyridine rings is 2. The highest BCUT2D eigenvalue weighted by molar-refractivity contribution is 7.94. The van der Waals surface area contributed by atoms with Gasteiger partial charge in [-0.25, -0.2) is 8.42 Å². The van der Waals surface area contributed by atoms with Gasteiger partial charge in [0.2, 0.25) is 12.4 Å². The zero-order valence-corrected chi connectivity index (χ0v) is 23.6. The van der Waals surface area contributed by atoms with E-state index in [2.05, 4.69) is 18.7 Å². The van der Waals surface area contributed by atoms with Crippen LogP contribution < -0.4 is 0 Å². The van der Waals surface area contributed by atoms with Crippen molar-refractivity contribution < 1.29 is 34.8 Å². The minimum absolute atomic E-state index is 0.291. The molecule has 0 spiro atoms. The van der Waals surface area contributed by atoms with E-state index in [0.717, 1.165) is 36.7 Å². The third kappa shape index (κ3) is 10.6. The van der Waals surface area contributed by atoms with Crippen LogP contribution >= 0.6 is 0 Å². The van der Waals surface area contributed by atoms with Crippen molar-refractivity contribution in [3.05, 3.63) is 59.2 Å². The lowest BCUT2D eigenvalue weighted by Gasteiger charge is -2.12. The summed E-state index contributed by atoms with van der Waals surface area (Å²) in [5.41, 5.74) is -0.399. The Hall–Kier alpha value is -3.24. The number of nitrogens with zero attached hydrogens (tertiary/aromatic N) is 6. The molecule has 0 radical (unpaired) electrons. The first-order valence-corrected chi connectivity index (χ1v) is 16.0. The van der Waals surface area contributed by atoms with Gasteiger partial charge in [-0.3, -0.25) is 9.97 Å². The fourth-order valence-corrected chi connectivity index (χ4v) is 8.12. The molecule has 0 N–H and O–H groups in total. The van der Waals surface area contributed by atoms with Crippen LogP contribution in [0.15, 0.2) is 45.4 Å². The molecule has 2 aromatic rings. The highest BCUT2D eigenvalue weighted by Crippen LogP contribution is 2.29. The van der Waals surface area contributed by atoms with Crippen LogP contribution in [0.4, 0.5) is 26.3 Å². The Morgan fingerprint density at radius 3 is 1.76 bits per heavy atom. The summed E-state index contributed by atoms with van der Waals surface area (Å²) in [5, 5.41) is 16.4. The number of hydrogen-bond donors (Lipinski definition) is 0. The van der Waals surface area contributed by atoms with Gasteiger partial charge in [-0.2, -0.15) is 36.9 Å². The Bertz CT molecular complexity index is 1470. The molecule has 8 nitrogen and oxygen atoms in total. The molecule has 0 saturated carbocycles. The summed E-state index contributed by atoms with van der Waals surface area (Å²) in [6, 6.07) is 4.68. The second-order valence-corrected chi connectivity index (χ2v) is 14.3. The Labute approximate surface area is 235 Å². The topological polar surface area (TPSA) is 132 Å². The van der Waals surface area contributed by atoms with Crippen LogP contribution in [0.25, 0.3) is 0 Å². The van der Waals surface area contributed by atoms with E-state index in [1.807, 2.05) is 6.92 Å². The van der Waals surface area contributed by atoms with Crippen molar-refractivity contribution in [2.45, 2.75) is 63.1 Å². The minimum atomic E-state index is -4.46. The van der Waals surface area contributed by atoms with E-state index in [-0.39, 0.29) is 5.25 Å². The number of alkyl halides is 6. The van der Waals surface area contributed by atoms with Crippen LogP contribution in [0.1, 0.15) is 55.1 Å². The Morgan fingerprint density at radius 2 is 1.34 bits per heavy atom. The zero-order chi connectivity index (χ0) is 30.7. The van der Waals surface area contributed by atoms with E-state index in [0.29, 0.717) is 48.5 Å². The minimum Gasteiger partial charge on any atom is -0.252 e. The third-order valence-corrected chi connectivity index (χ3v) is 11.1. The molecule has 0 aromatic carbocycles.